The van der Waals surface area contributed by atoms with Crippen LogP contribution >= 0.6 is 0 Å². The Labute approximate surface area is 61.3 Å². The van der Waals surface area contributed by atoms with Crippen molar-refractivity contribution in [3.63, 3.8) is 0 Å². The molecule has 0 bridgehead atoms. The van der Waals surface area contributed by atoms with Crippen LogP contribution in [-0.4, -0.2) is 21.3 Å². The first kappa shape index (κ1) is 9.88. The third-order valence-electron chi connectivity index (χ3n) is 1.68. The summed E-state index contributed by atoms with van der Waals surface area (Å²) in [5.74, 6) is -2.90. The minimum atomic E-state index is -2.48. The highest BCUT2D eigenvalue weighted by Crippen LogP contribution is 2.20. The molecule has 1 atom stereocenters. The summed E-state index contributed by atoms with van der Waals surface area (Å²) in [7, 11) is 0. The Balaban J connectivity index is 3.81. The van der Waals surface area contributed by atoms with E-state index in [2.05, 4.69) is 0 Å². The van der Waals surface area contributed by atoms with Gasteiger partial charge in [-0.25, -0.2) is 0 Å². The molecule has 3 N–H and O–H groups in total. The van der Waals surface area contributed by atoms with E-state index in [0.717, 1.165) is 6.42 Å². The quantitative estimate of drug-likeness (QED) is 0.507. The molecule has 0 aromatic heterocycles. The molecule has 0 amide bonds. The van der Waals surface area contributed by atoms with Crippen molar-refractivity contribution in [3.8, 4) is 0 Å². The lowest BCUT2D eigenvalue weighted by atomic mass is 9.98. The molecule has 0 aliphatic rings. The zero-order valence-electron chi connectivity index (χ0n) is 6.54. The standard InChI is InChI=1S/C7H16O3/c1-3-5-6(4-2)7(8,9)10/h6,8-10H,3-5H2,1-2H3. The van der Waals surface area contributed by atoms with Gasteiger partial charge in [-0.1, -0.05) is 20.3 Å². The molecule has 0 saturated heterocycles. The van der Waals surface area contributed by atoms with Gasteiger partial charge >= 0.3 is 0 Å². The smallest absolute Gasteiger partial charge is 0.278 e. The van der Waals surface area contributed by atoms with Crippen LogP contribution in [0.4, 0.5) is 0 Å². The van der Waals surface area contributed by atoms with Gasteiger partial charge in [-0.05, 0) is 12.8 Å². The molecular formula is C7H16O3. The lowest BCUT2D eigenvalue weighted by molar-refractivity contribution is -0.343. The molecule has 10 heavy (non-hydrogen) atoms. The molecule has 0 rings (SSSR count). The highest BCUT2D eigenvalue weighted by molar-refractivity contribution is 4.62. The molecule has 0 spiro atoms. The molecule has 0 heterocycles. The highest BCUT2D eigenvalue weighted by Gasteiger charge is 2.29. The van der Waals surface area contributed by atoms with Crippen LogP contribution in [0.15, 0.2) is 0 Å². The second-order valence-corrected chi connectivity index (χ2v) is 2.58. The van der Waals surface area contributed by atoms with Crippen molar-refractivity contribution in [1.29, 1.82) is 0 Å². The highest BCUT2D eigenvalue weighted by atomic mass is 16.7. The predicted octanol–water partition coefficient (Wildman–Crippen LogP) is 0.443. The second-order valence-electron chi connectivity index (χ2n) is 2.58. The monoisotopic (exact) mass is 148 g/mol. The van der Waals surface area contributed by atoms with Gasteiger partial charge in [0.2, 0.25) is 0 Å². The van der Waals surface area contributed by atoms with Gasteiger partial charge in [-0.15, -0.1) is 0 Å². The minimum absolute atomic E-state index is 0.419. The van der Waals surface area contributed by atoms with Gasteiger partial charge in [0.25, 0.3) is 5.97 Å². The summed E-state index contributed by atoms with van der Waals surface area (Å²) in [5.41, 5.74) is 0. The van der Waals surface area contributed by atoms with Crippen LogP contribution in [0.1, 0.15) is 33.1 Å². The molecule has 0 aliphatic heterocycles. The maximum absolute atomic E-state index is 8.72. The number of rotatable bonds is 4. The average molecular weight is 148 g/mol. The normalized spacial score (nSPS) is 15.3. The van der Waals surface area contributed by atoms with Crippen molar-refractivity contribution in [2.24, 2.45) is 5.92 Å². The van der Waals surface area contributed by atoms with Gasteiger partial charge < -0.3 is 15.3 Å². The second kappa shape index (κ2) is 3.91. The molecule has 0 radical (unpaired) electrons. The fourth-order valence-corrected chi connectivity index (χ4v) is 1.02. The summed E-state index contributed by atoms with van der Waals surface area (Å²) in [6.07, 6.45) is 2.07. The Hall–Kier alpha value is -0.120. The van der Waals surface area contributed by atoms with Crippen molar-refractivity contribution in [2.75, 3.05) is 0 Å². The molecule has 3 nitrogen and oxygen atoms in total. The van der Waals surface area contributed by atoms with Crippen LogP contribution in [0, 0.1) is 5.92 Å². The molecule has 3 heteroatoms. The topological polar surface area (TPSA) is 60.7 Å². The molecule has 0 fully saturated rings. The maximum Gasteiger partial charge on any atom is 0.278 e. The Morgan fingerprint density at radius 1 is 1.20 bits per heavy atom. The molecule has 0 aliphatic carbocycles. The maximum atomic E-state index is 8.72. The summed E-state index contributed by atoms with van der Waals surface area (Å²) in [6, 6.07) is 0. The van der Waals surface area contributed by atoms with E-state index >= 15 is 0 Å². The van der Waals surface area contributed by atoms with E-state index in [-0.39, 0.29) is 0 Å². The van der Waals surface area contributed by atoms with Crippen LogP contribution in [0.5, 0.6) is 0 Å². The average Bonchev–Trinajstić information content (AvgIpc) is 1.80. The third kappa shape index (κ3) is 3.15. The third-order valence-corrected chi connectivity index (χ3v) is 1.68. The van der Waals surface area contributed by atoms with E-state index in [1.165, 1.54) is 0 Å². The number of hydrogen-bond acceptors (Lipinski definition) is 3. The molecule has 1 unspecified atom stereocenters. The van der Waals surface area contributed by atoms with Crippen LogP contribution in [-0.2, 0) is 0 Å². The van der Waals surface area contributed by atoms with Crippen molar-refractivity contribution in [3.05, 3.63) is 0 Å². The first-order valence-electron chi connectivity index (χ1n) is 3.69. The molecule has 0 aromatic rings. The summed E-state index contributed by atoms with van der Waals surface area (Å²) in [5, 5.41) is 26.2. The van der Waals surface area contributed by atoms with Gasteiger partial charge in [0.1, 0.15) is 0 Å². The molecule has 0 aromatic carbocycles. The summed E-state index contributed by atoms with van der Waals surface area (Å²) in [6.45, 7) is 3.76. The Bertz CT molecular complexity index is 85.3. The zero-order valence-corrected chi connectivity index (χ0v) is 6.54. The van der Waals surface area contributed by atoms with Crippen molar-refractivity contribution in [1.82, 2.24) is 0 Å². The summed E-state index contributed by atoms with van der Waals surface area (Å²) < 4.78 is 0. The van der Waals surface area contributed by atoms with E-state index in [0.29, 0.717) is 12.8 Å². The summed E-state index contributed by atoms with van der Waals surface area (Å²) >= 11 is 0. The molecule has 0 saturated carbocycles. The summed E-state index contributed by atoms with van der Waals surface area (Å²) in [4.78, 5) is 0. The lowest BCUT2D eigenvalue weighted by Gasteiger charge is -2.23. The Morgan fingerprint density at radius 2 is 1.70 bits per heavy atom. The van der Waals surface area contributed by atoms with E-state index in [1.807, 2.05) is 13.8 Å². The zero-order chi connectivity index (χ0) is 8.20. The fourth-order valence-electron chi connectivity index (χ4n) is 1.02. The van der Waals surface area contributed by atoms with E-state index in [1.54, 1.807) is 0 Å². The van der Waals surface area contributed by atoms with E-state index in [9.17, 15) is 0 Å². The molecule has 62 valence electrons. The first-order chi connectivity index (χ1) is 4.52. The van der Waals surface area contributed by atoms with E-state index in [4.69, 9.17) is 15.3 Å². The fraction of sp³-hybridized carbons (Fsp3) is 1.00. The van der Waals surface area contributed by atoms with Crippen molar-refractivity contribution < 1.29 is 15.3 Å². The minimum Gasteiger partial charge on any atom is -0.343 e. The van der Waals surface area contributed by atoms with Crippen LogP contribution < -0.4 is 0 Å². The number of aliphatic hydroxyl groups is 3. The largest absolute Gasteiger partial charge is 0.343 e. The lowest BCUT2D eigenvalue weighted by Crippen LogP contribution is -2.36. The van der Waals surface area contributed by atoms with Gasteiger partial charge in [0.05, 0.1) is 0 Å². The van der Waals surface area contributed by atoms with Gasteiger partial charge in [-0.2, -0.15) is 0 Å². The Morgan fingerprint density at radius 3 is 1.80 bits per heavy atom. The van der Waals surface area contributed by atoms with Gasteiger partial charge in [0, 0.05) is 5.92 Å². The van der Waals surface area contributed by atoms with E-state index < -0.39 is 11.9 Å². The Kier molecular flexibility index (Phi) is 3.86. The van der Waals surface area contributed by atoms with Crippen LogP contribution in [0.3, 0.4) is 0 Å². The SMILES string of the molecule is CCCC(CC)C(O)(O)O. The first-order valence-corrected chi connectivity index (χ1v) is 3.69. The predicted molar refractivity (Wildman–Crippen MR) is 38.1 cm³/mol. The number of hydrogen-bond donors (Lipinski definition) is 3. The van der Waals surface area contributed by atoms with Crippen LogP contribution in [0.25, 0.3) is 0 Å². The molecular weight excluding hydrogens is 132 g/mol. The van der Waals surface area contributed by atoms with Crippen LogP contribution in [0.2, 0.25) is 0 Å². The van der Waals surface area contributed by atoms with Gasteiger partial charge in [-0.3, -0.25) is 0 Å². The van der Waals surface area contributed by atoms with Gasteiger partial charge in [0.15, 0.2) is 0 Å². The van der Waals surface area contributed by atoms with Crippen molar-refractivity contribution >= 4 is 0 Å². The van der Waals surface area contributed by atoms with Crippen molar-refractivity contribution in [2.45, 2.75) is 39.1 Å².